The average molecular weight is 211 g/mol. The molecule has 0 radical (unpaired) electrons. The summed E-state index contributed by atoms with van der Waals surface area (Å²) in [7, 11) is 2.11. The van der Waals surface area contributed by atoms with Gasteiger partial charge in [-0.05, 0) is 26.3 Å². The molecule has 1 rings (SSSR count). The monoisotopic (exact) mass is 211 g/mol. The van der Waals surface area contributed by atoms with Crippen molar-refractivity contribution in [1.29, 1.82) is 0 Å². The minimum Gasteiger partial charge on any atom is -0.298 e. The summed E-state index contributed by atoms with van der Waals surface area (Å²) in [5.41, 5.74) is 0. The second-order valence-corrected chi connectivity index (χ2v) is 4.98. The predicted molar refractivity (Wildman–Crippen MR) is 64.0 cm³/mol. The molecular weight excluding hydrogens is 186 g/mol. The summed E-state index contributed by atoms with van der Waals surface area (Å²) in [6.45, 7) is 4.78. The molecule has 2 nitrogen and oxygen atoms in total. The third-order valence-electron chi connectivity index (χ3n) is 3.77. The minimum absolute atomic E-state index is 0.232. The number of likely N-dealkylation sites (N-methyl/N-ethyl adjacent to an activating group) is 1. The van der Waals surface area contributed by atoms with Gasteiger partial charge in [0.15, 0.2) is 0 Å². The first-order chi connectivity index (χ1) is 7.15. The van der Waals surface area contributed by atoms with Crippen LogP contribution >= 0.6 is 0 Å². The van der Waals surface area contributed by atoms with Gasteiger partial charge in [0.1, 0.15) is 5.78 Å². The van der Waals surface area contributed by atoms with Crippen molar-refractivity contribution in [3.8, 4) is 0 Å². The van der Waals surface area contributed by atoms with E-state index in [0.717, 1.165) is 6.42 Å². The standard InChI is InChI=1S/C13H25NO/c1-4-11(2)13(15)10-14(3)12-8-6-5-7-9-12/h11-12H,4-10H2,1-3H3. The second kappa shape index (κ2) is 6.26. The molecule has 0 N–H and O–H groups in total. The van der Waals surface area contributed by atoms with E-state index in [2.05, 4.69) is 18.9 Å². The Morgan fingerprint density at radius 2 is 1.93 bits per heavy atom. The summed E-state index contributed by atoms with van der Waals surface area (Å²) < 4.78 is 0. The Hall–Kier alpha value is -0.370. The van der Waals surface area contributed by atoms with E-state index in [1.807, 2.05) is 6.92 Å². The van der Waals surface area contributed by atoms with Gasteiger partial charge in [-0.1, -0.05) is 33.1 Å². The molecule has 0 aromatic heterocycles. The van der Waals surface area contributed by atoms with E-state index in [0.29, 0.717) is 18.4 Å². The van der Waals surface area contributed by atoms with Gasteiger partial charge in [-0.3, -0.25) is 9.69 Å². The summed E-state index contributed by atoms with van der Waals surface area (Å²) >= 11 is 0. The van der Waals surface area contributed by atoms with Crippen LogP contribution < -0.4 is 0 Å². The van der Waals surface area contributed by atoms with E-state index in [1.165, 1.54) is 32.1 Å². The van der Waals surface area contributed by atoms with Gasteiger partial charge in [-0.15, -0.1) is 0 Å². The first kappa shape index (κ1) is 12.7. The van der Waals surface area contributed by atoms with E-state index in [9.17, 15) is 4.79 Å². The number of rotatable bonds is 5. The molecule has 1 atom stereocenters. The first-order valence-electron chi connectivity index (χ1n) is 6.38. The normalized spacial score (nSPS) is 20.5. The molecule has 1 unspecified atom stereocenters. The molecule has 0 amide bonds. The lowest BCUT2D eigenvalue weighted by molar-refractivity contribution is -0.123. The molecular formula is C13H25NO. The Balaban J connectivity index is 2.33. The Morgan fingerprint density at radius 1 is 1.33 bits per heavy atom. The number of carbonyl (C=O) groups excluding carboxylic acids is 1. The zero-order chi connectivity index (χ0) is 11.3. The summed E-state index contributed by atoms with van der Waals surface area (Å²) in [6, 6.07) is 0.659. The van der Waals surface area contributed by atoms with Crippen LogP contribution in [-0.4, -0.2) is 30.3 Å². The SMILES string of the molecule is CCC(C)C(=O)CN(C)C1CCCCC1. The average Bonchev–Trinajstić information content (AvgIpc) is 2.29. The Labute approximate surface area is 94.0 Å². The third kappa shape index (κ3) is 3.94. The highest BCUT2D eigenvalue weighted by molar-refractivity contribution is 5.82. The molecule has 1 aliphatic rings. The van der Waals surface area contributed by atoms with Gasteiger partial charge >= 0.3 is 0 Å². The lowest BCUT2D eigenvalue weighted by atomic mass is 9.94. The van der Waals surface area contributed by atoms with Crippen LogP contribution in [0.25, 0.3) is 0 Å². The molecule has 0 saturated heterocycles. The minimum atomic E-state index is 0.232. The van der Waals surface area contributed by atoms with Crippen molar-refractivity contribution in [2.75, 3.05) is 13.6 Å². The van der Waals surface area contributed by atoms with E-state index >= 15 is 0 Å². The predicted octanol–water partition coefficient (Wildman–Crippen LogP) is 2.87. The molecule has 0 heterocycles. The highest BCUT2D eigenvalue weighted by Gasteiger charge is 2.21. The van der Waals surface area contributed by atoms with Crippen LogP contribution in [0.4, 0.5) is 0 Å². The van der Waals surface area contributed by atoms with Crippen LogP contribution in [0.1, 0.15) is 52.4 Å². The van der Waals surface area contributed by atoms with E-state index in [-0.39, 0.29) is 5.92 Å². The maximum atomic E-state index is 11.8. The molecule has 88 valence electrons. The summed E-state index contributed by atoms with van der Waals surface area (Å²) in [5.74, 6) is 0.640. The summed E-state index contributed by atoms with van der Waals surface area (Å²) in [5, 5.41) is 0. The number of Topliss-reactive ketones (excluding diaryl/α,β-unsaturated/α-hetero) is 1. The van der Waals surface area contributed by atoms with Gasteiger partial charge in [-0.25, -0.2) is 0 Å². The van der Waals surface area contributed by atoms with Crippen molar-refractivity contribution in [2.45, 2.75) is 58.4 Å². The third-order valence-corrected chi connectivity index (χ3v) is 3.77. The quantitative estimate of drug-likeness (QED) is 0.697. The van der Waals surface area contributed by atoms with Crippen LogP contribution in [0.2, 0.25) is 0 Å². The molecule has 1 saturated carbocycles. The molecule has 1 fully saturated rings. The van der Waals surface area contributed by atoms with Crippen LogP contribution in [-0.2, 0) is 4.79 Å². The molecule has 15 heavy (non-hydrogen) atoms. The van der Waals surface area contributed by atoms with Gasteiger partial charge in [0.05, 0.1) is 6.54 Å². The smallest absolute Gasteiger partial charge is 0.149 e. The Bertz CT molecular complexity index is 197. The van der Waals surface area contributed by atoms with Crippen LogP contribution in [0, 0.1) is 5.92 Å². The number of nitrogens with zero attached hydrogens (tertiary/aromatic N) is 1. The zero-order valence-corrected chi connectivity index (χ0v) is 10.5. The largest absolute Gasteiger partial charge is 0.298 e. The van der Waals surface area contributed by atoms with Gasteiger partial charge in [0, 0.05) is 12.0 Å². The lowest BCUT2D eigenvalue weighted by Gasteiger charge is -2.31. The fraction of sp³-hybridized carbons (Fsp3) is 0.923. The number of ketones is 1. The highest BCUT2D eigenvalue weighted by Crippen LogP contribution is 2.21. The van der Waals surface area contributed by atoms with Crippen LogP contribution in [0.5, 0.6) is 0 Å². The van der Waals surface area contributed by atoms with Crippen LogP contribution in [0.3, 0.4) is 0 Å². The van der Waals surface area contributed by atoms with Crippen molar-refractivity contribution < 1.29 is 4.79 Å². The first-order valence-corrected chi connectivity index (χ1v) is 6.38. The fourth-order valence-corrected chi connectivity index (χ4v) is 2.28. The molecule has 0 bridgehead atoms. The molecule has 0 aliphatic heterocycles. The van der Waals surface area contributed by atoms with E-state index in [4.69, 9.17) is 0 Å². The number of hydrogen-bond acceptors (Lipinski definition) is 2. The lowest BCUT2D eigenvalue weighted by Crippen LogP contribution is -2.38. The van der Waals surface area contributed by atoms with Crippen LogP contribution in [0.15, 0.2) is 0 Å². The Kier molecular flexibility index (Phi) is 5.30. The maximum absolute atomic E-state index is 11.8. The zero-order valence-electron chi connectivity index (χ0n) is 10.5. The van der Waals surface area contributed by atoms with E-state index < -0.39 is 0 Å². The molecule has 0 aromatic carbocycles. The van der Waals surface area contributed by atoms with Crippen molar-refractivity contribution in [1.82, 2.24) is 4.90 Å². The van der Waals surface area contributed by atoms with Gasteiger partial charge in [0.25, 0.3) is 0 Å². The molecule has 2 heteroatoms. The highest BCUT2D eigenvalue weighted by atomic mass is 16.1. The Morgan fingerprint density at radius 3 is 2.47 bits per heavy atom. The van der Waals surface area contributed by atoms with E-state index in [1.54, 1.807) is 0 Å². The molecule has 1 aliphatic carbocycles. The summed E-state index contributed by atoms with van der Waals surface area (Å²) in [6.07, 6.45) is 7.59. The fourth-order valence-electron chi connectivity index (χ4n) is 2.28. The number of hydrogen-bond donors (Lipinski definition) is 0. The van der Waals surface area contributed by atoms with Crippen molar-refractivity contribution in [2.24, 2.45) is 5.92 Å². The van der Waals surface area contributed by atoms with Crippen molar-refractivity contribution in [3.63, 3.8) is 0 Å². The molecule has 0 spiro atoms. The van der Waals surface area contributed by atoms with Crippen molar-refractivity contribution >= 4 is 5.78 Å². The van der Waals surface area contributed by atoms with Gasteiger partial charge in [0.2, 0.25) is 0 Å². The van der Waals surface area contributed by atoms with Gasteiger partial charge < -0.3 is 0 Å². The van der Waals surface area contributed by atoms with Crippen molar-refractivity contribution in [3.05, 3.63) is 0 Å². The number of carbonyl (C=O) groups is 1. The second-order valence-electron chi connectivity index (χ2n) is 4.98. The maximum Gasteiger partial charge on any atom is 0.149 e. The molecule has 0 aromatic rings. The van der Waals surface area contributed by atoms with Gasteiger partial charge in [-0.2, -0.15) is 0 Å². The summed E-state index contributed by atoms with van der Waals surface area (Å²) in [4.78, 5) is 14.1. The topological polar surface area (TPSA) is 20.3 Å².